The van der Waals surface area contributed by atoms with Crippen LogP contribution in [0.3, 0.4) is 0 Å². The van der Waals surface area contributed by atoms with Gasteiger partial charge in [-0.05, 0) is 76.9 Å². The molecule has 2 unspecified atom stereocenters. The van der Waals surface area contributed by atoms with Crippen LogP contribution < -0.4 is 9.64 Å². The summed E-state index contributed by atoms with van der Waals surface area (Å²) in [6, 6.07) is 30.5. The highest BCUT2D eigenvalue weighted by Crippen LogP contribution is 2.70. The van der Waals surface area contributed by atoms with Gasteiger partial charge in [0.2, 0.25) is 17.6 Å². The third-order valence-electron chi connectivity index (χ3n) is 9.37. The maximum absolute atomic E-state index is 14.4. The minimum Gasteiger partial charge on any atom is -0.457 e. The minimum atomic E-state index is -0.946. The summed E-state index contributed by atoms with van der Waals surface area (Å²) >= 11 is 7.98. The van der Waals surface area contributed by atoms with Crippen molar-refractivity contribution in [2.75, 3.05) is 11.5 Å². The van der Waals surface area contributed by atoms with Crippen molar-refractivity contribution in [2.24, 2.45) is 11.8 Å². The molecule has 242 valence electrons. The topological polar surface area (TPSA) is 120 Å². The molecule has 11 heteroatoms. The SMILES string of the molecule is O=C(COC(=O)c1cccc(N2C(=O)C3C(C2=O)C2(Br)c4ccccc4C3(Br)c3ccccc32)c1)c1ccc(OC(=O)c2ccco2)cc1. The van der Waals surface area contributed by atoms with Gasteiger partial charge in [-0.2, -0.15) is 0 Å². The Morgan fingerprint density at radius 3 is 1.78 bits per heavy atom. The second-order valence-corrected chi connectivity index (χ2v) is 14.4. The van der Waals surface area contributed by atoms with Gasteiger partial charge in [0.15, 0.2) is 12.4 Å². The van der Waals surface area contributed by atoms with Crippen molar-refractivity contribution >= 4 is 67.1 Å². The van der Waals surface area contributed by atoms with Crippen molar-refractivity contribution in [1.82, 2.24) is 0 Å². The molecule has 2 amide bonds. The van der Waals surface area contributed by atoms with E-state index in [1.165, 1.54) is 48.7 Å². The Hall–Kier alpha value is -5.13. The second-order valence-electron chi connectivity index (χ2n) is 11.9. The molecule has 1 aliphatic heterocycles. The van der Waals surface area contributed by atoms with Crippen LogP contribution in [0.4, 0.5) is 5.69 Å². The van der Waals surface area contributed by atoms with Gasteiger partial charge in [0.25, 0.3) is 0 Å². The zero-order chi connectivity index (χ0) is 34.1. The number of esters is 2. The number of benzene rings is 4. The van der Waals surface area contributed by atoms with E-state index >= 15 is 0 Å². The maximum atomic E-state index is 14.4. The molecule has 0 spiro atoms. The van der Waals surface area contributed by atoms with E-state index in [9.17, 15) is 24.0 Å². The number of ketones is 1. The summed E-state index contributed by atoms with van der Waals surface area (Å²) in [4.78, 5) is 67.9. The number of hydrogen-bond donors (Lipinski definition) is 0. The lowest BCUT2D eigenvalue weighted by Crippen LogP contribution is -2.56. The molecular weight excluding hydrogens is 758 g/mol. The highest BCUT2D eigenvalue weighted by molar-refractivity contribution is 9.10. The van der Waals surface area contributed by atoms with Crippen LogP contribution in [0.15, 0.2) is 120 Å². The van der Waals surface area contributed by atoms with E-state index in [1.807, 2.05) is 48.5 Å². The first-order valence-electron chi connectivity index (χ1n) is 15.3. The van der Waals surface area contributed by atoms with Gasteiger partial charge in [-0.1, -0.05) is 86.5 Å². The van der Waals surface area contributed by atoms with Gasteiger partial charge < -0.3 is 13.9 Å². The summed E-state index contributed by atoms with van der Waals surface area (Å²) < 4.78 is 13.7. The zero-order valence-electron chi connectivity index (χ0n) is 25.3. The highest BCUT2D eigenvalue weighted by atomic mass is 79.9. The fourth-order valence-electron chi connectivity index (χ4n) is 7.25. The molecular formula is C38H23Br2NO8. The first kappa shape index (κ1) is 31.2. The molecule has 2 bridgehead atoms. The molecule has 1 fully saturated rings. The van der Waals surface area contributed by atoms with E-state index in [2.05, 4.69) is 31.9 Å². The average molecular weight is 781 g/mol. The van der Waals surface area contributed by atoms with Gasteiger partial charge in [-0.15, -0.1) is 0 Å². The van der Waals surface area contributed by atoms with Gasteiger partial charge in [0.05, 0.1) is 38.0 Å². The third kappa shape index (κ3) is 4.59. The smallest absolute Gasteiger partial charge is 0.379 e. The minimum absolute atomic E-state index is 0.0373. The van der Waals surface area contributed by atoms with Crippen molar-refractivity contribution in [3.05, 3.63) is 155 Å². The summed E-state index contributed by atoms with van der Waals surface area (Å²) in [6.45, 7) is -0.560. The lowest BCUT2D eigenvalue weighted by Gasteiger charge is -2.55. The van der Waals surface area contributed by atoms with Crippen LogP contribution in [0, 0.1) is 11.8 Å². The van der Waals surface area contributed by atoms with Gasteiger partial charge in [-0.3, -0.25) is 14.4 Å². The van der Waals surface area contributed by atoms with Gasteiger partial charge in [0.1, 0.15) is 5.75 Å². The van der Waals surface area contributed by atoms with Crippen LogP contribution in [0.5, 0.6) is 5.75 Å². The molecule has 5 aromatic rings. The average Bonchev–Trinajstić information content (AvgIpc) is 3.77. The van der Waals surface area contributed by atoms with Crippen molar-refractivity contribution in [3.8, 4) is 5.75 Å². The van der Waals surface area contributed by atoms with Gasteiger partial charge in [-0.25, -0.2) is 14.5 Å². The highest BCUT2D eigenvalue weighted by Gasteiger charge is 2.72. The normalized spacial score (nSPS) is 23.0. The number of rotatable bonds is 7. The number of anilines is 1. The van der Waals surface area contributed by atoms with Crippen molar-refractivity contribution in [3.63, 3.8) is 0 Å². The van der Waals surface area contributed by atoms with E-state index in [-0.39, 0.29) is 28.3 Å². The Balaban J connectivity index is 1.01. The van der Waals surface area contributed by atoms with Crippen LogP contribution in [0.25, 0.3) is 0 Å². The van der Waals surface area contributed by atoms with Crippen LogP contribution in [-0.2, 0) is 23.0 Å². The zero-order valence-corrected chi connectivity index (χ0v) is 28.5. The maximum Gasteiger partial charge on any atom is 0.379 e. The van der Waals surface area contributed by atoms with Crippen molar-refractivity contribution < 1.29 is 37.9 Å². The van der Waals surface area contributed by atoms with E-state index in [4.69, 9.17) is 13.9 Å². The number of ether oxygens (including phenoxy) is 2. The molecule has 2 heterocycles. The summed E-state index contributed by atoms with van der Waals surface area (Å²) in [5.74, 6) is -4.04. The predicted octanol–water partition coefficient (Wildman–Crippen LogP) is 6.95. The number of nitrogens with zero attached hydrogens (tertiary/aromatic N) is 1. The molecule has 9 rings (SSSR count). The standard InChI is InChI=1S/C38H23Br2NO8/c39-37-25-9-1-2-10-26(25)38(40,28-12-4-3-11-27(28)37)32-31(37)33(43)41(34(32)44)23-8-5-7-22(19-23)35(45)48-20-29(42)21-14-16-24(17-15-21)49-36(46)30-13-6-18-47-30/h1-19,31-32H,20H2. The van der Waals surface area contributed by atoms with E-state index in [0.29, 0.717) is 0 Å². The van der Waals surface area contributed by atoms with Crippen LogP contribution >= 0.6 is 31.9 Å². The van der Waals surface area contributed by atoms with E-state index in [0.717, 1.165) is 27.2 Å². The Kier molecular flexibility index (Phi) is 7.31. The number of imide groups is 1. The summed E-state index contributed by atoms with van der Waals surface area (Å²) in [6.07, 6.45) is 1.35. The molecule has 49 heavy (non-hydrogen) atoms. The second kappa shape index (κ2) is 11.5. The number of carbonyl (C=O) groups is 5. The molecule has 1 saturated heterocycles. The summed E-state index contributed by atoms with van der Waals surface area (Å²) in [5.41, 5.74) is 4.20. The number of alkyl halides is 2. The molecule has 9 nitrogen and oxygen atoms in total. The molecule has 4 aromatic carbocycles. The summed E-state index contributed by atoms with van der Waals surface area (Å²) in [7, 11) is 0. The predicted molar refractivity (Wildman–Crippen MR) is 183 cm³/mol. The van der Waals surface area contributed by atoms with Crippen molar-refractivity contribution in [1.29, 1.82) is 0 Å². The number of amides is 2. The lowest BCUT2D eigenvalue weighted by atomic mass is 9.54. The fourth-order valence-corrected chi connectivity index (χ4v) is 9.56. The molecule has 1 aromatic heterocycles. The van der Waals surface area contributed by atoms with Gasteiger partial charge in [0, 0.05) is 5.56 Å². The van der Waals surface area contributed by atoms with Crippen LogP contribution in [0.1, 0.15) is 53.5 Å². The Labute approximate surface area is 296 Å². The monoisotopic (exact) mass is 779 g/mol. The first-order chi connectivity index (χ1) is 23.6. The molecule has 0 radical (unpaired) electrons. The molecule has 0 N–H and O–H groups in total. The van der Waals surface area contributed by atoms with Crippen LogP contribution in [0.2, 0.25) is 0 Å². The van der Waals surface area contributed by atoms with E-state index < -0.39 is 56.6 Å². The number of furan rings is 1. The molecule has 2 atom stereocenters. The van der Waals surface area contributed by atoms with E-state index in [1.54, 1.807) is 18.2 Å². The number of halogens is 2. The Bertz CT molecular complexity index is 2090. The number of Topliss-reactive ketones (excluding diaryl/α,β-unsaturated/α-hetero) is 1. The number of hydrogen-bond acceptors (Lipinski definition) is 8. The quantitative estimate of drug-likeness (QED) is 0.0573. The summed E-state index contributed by atoms with van der Waals surface area (Å²) in [5, 5.41) is 0. The van der Waals surface area contributed by atoms with Gasteiger partial charge >= 0.3 is 11.9 Å². The Morgan fingerprint density at radius 1 is 0.673 bits per heavy atom. The Morgan fingerprint density at radius 2 is 1.24 bits per heavy atom. The lowest BCUT2D eigenvalue weighted by molar-refractivity contribution is -0.122. The molecule has 4 aliphatic rings. The fraction of sp³-hybridized carbons (Fsp3) is 0.132. The van der Waals surface area contributed by atoms with Crippen LogP contribution in [-0.4, -0.2) is 36.1 Å². The molecule has 0 saturated carbocycles. The number of carbonyl (C=O) groups excluding carboxylic acids is 5. The first-order valence-corrected chi connectivity index (χ1v) is 16.8. The third-order valence-corrected chi connectivity index (χ3v) is 12.1. The largest absolute Gasteiger partial charge is 0.457 e. The van der Waals surface area contributed by atoms with Crippen molar-refractivity contribution in [2.45, 2.75) is 8.65 Å². The molecule has 3 aliphatic carbocycles.